The summed E-state index contributed by atoms with van der Waals surface area (Å²) in [5.41, 5.74) is 13.0. The molecule has 0 spiro atoms. The topological polar surface area (TPSA) is 29.5 Å². The molecule has 0 radical (unpaired) electrons. The van der Waals surface area contributed by atoms with Gasteiger partial charge in [0.2, 0.25) is 0 Å². The van der Waals surface area contributed by atoms with Crippen LogP contribution in [0.2, 0.25) is 0 Å². The molecule has 1 fully saturated rings. The minimum atomic E-state index is -0.485. The maximum atomic E-state index is 12.8. The average molecular weight is 513 g/mol. The van der Waals surface area contributed by atoms with Crippen molar-refractivity contribution in [2.45, 2.75) is 85.2 Å². The van der Waals surface area contributed by atoms with E-state index in [9.17, 15) is 4.79 Å². The summed E-state index contributed by atoms with van der Waals surface area (Å²) in [4.78, 5) is 14.7. The summed E-state index contributed by atoms with van der Waals surface area (Å²) in [6, 6.07) is 0. The number of ether oxygens (including phenoxy) is 1. The Balaban J connectivity index is 2.06. The molecule has 1 atom stereocenters. The minimum Gasteiger partial charge on any atom is -0.444 e. The Kier molecular flexibility index (Phi) is 8.88. The van der Waals surface area contributed by atoms with E-state index in [1.807, 2.05) is 31.7 Å². The molecule has 2 aliphatic carbocycles. The maximum Gasteiger partial charge on any atom is 0.410 e. The van der Waals surface area contributed by atoms with Crippen LogP contribution in [-0.2, 0) is 4.74 Å². The van der Waals surface area contributed by atoms with Crippen LogP contribution in [0, 0.1) is 5.92 Å². The summed E-state index contributed by atoms with van der Waals surface area (Å²) in [7, 11) is 0. The van der Waals surface area contributed by atoms with Gasteiger partial charge in [0.05, 0.1) is 0 Å². The lowest BCUT2D eigenvalue weighted by molar-refractivity contribution is 0.0260. The van der Waals surface area contributed by atoms with Crippen LogP contribution in [0.15, 0.2) is 68.1 Å². The quantitative estimate of drug-likeness (QED) is 0.355. The molecule has 3 rings (SSSR count). The van der Waals surface area contributed by atoms with E-state index >= 15 is 0 Å². The largest absolute Gasteiger partial charge is 0.444 e. The van der Waals surface area contributed by atoms with E-state index < -0.39 is 5.60 Å². The number of halogens is 1. The van der Waals surface area contributed by atoms with Gasteiger partial charge < -0.3 is 9.64 Å². The molecule has 1 amide bonds. The second kappa shape index (κ2) is 11.4. The smallest absolute Gasteiger partial charge is 0.410 e. The molecule has 0 aromatic carbocycles. The summed E-state index contributed by atoms with van der Waals surface area (Å²) in [5.74, 6) is 0.465. The Morgan fingerprint density at radius 3 is 2.70 bits per heavy atom. The van der Waals surface area contributed by atoms with Gasteiger partial charge in [-0.05, 0) is 115 Å². The van der Waals surface area contributed by atoms with Crippen molar-refractivity contribution in [2.24, 2.45) is 5.92 Å². The predicted molar refractivity (Wildman–Crippen MR) is 140 cm³/mol. The number of amides is 1. The highest BCUT2D eigenvalue weighted by molar-refractivity contribution is 9.11. The van der Waals surface area contributed by atoms with Crippen molar-refractivity contribution in [1.29, 1.82) is 0 Å². The Labute approximate surface area is 208 Å². The second-order valence-corrected chi connectivity index (χ2v) is 11.1. The lowest BCUT2D eigenvalue weighted by atomic mass is 9.82. The number of unbranched alkanes of at least 4 members (excludes halogenated alkanes) is 1. The van der Waals surface area contributed by atoms with Crippen LogP contribution in [0.25, 0.3) is 0 Å². The maximum absolute atomic E-state index is 12.8. The van der Waals surface area contributed by atoms with Gasteiger partial charge in [-0.15, -0.1) is 11.5 Å². The molecule has 3 aliphatic rings. The number of nitrogens with zero attached hydrogens (tertiary/aromatic N) is 1. The van der Waals surface area contributed by atoms with Gasteiger partial charge in [0.25, 0.3) is 0 Å². The normalized spacial score (nSPS) is 20.0. The minimum absolute atomic E-state index is 0.218. The third kappa shape index (κ3) is 7.00. The first-order valence-electron chi connectivity index (χ1n) is 12.4. The van der Waals surface area contributed by atoms with E-state index in [1.54, 1.807) is 0 Å². The number of carbonyl (C=O) groups is 1. The van der Waals surface area contributed by atoms with Crippen LogP contribution < -0.4 is 0 Å². The van der Waals surface area contributed by atoms with E-state index in [0.29, 0.717) is 19.0 Å². The molecule has 178 valence electrons. The number of fused-ring (bicyclic) bond motifs is 2. The lowest BCUT2D eigenvalue weighted by Gasteiger charge is -2.26. The van der Waals surface area contributed by atoms with Crippen LogP contribution in [0.3, 0.4) is 0 Å². The van der Waals surface area contributed by atoms with Gasteiger partial charge in [0, 0.05) is 23.1 Å². The average Bonchev–Trinajstić information content (AvgIpc) is 2.93. The Hall–Kier alpha value is -1.99. The van der Waals surface area contributed by atoms with Crippen LogP contribution >= 0.6 is 15.9 Å². The van der Waals surface area contributed by atoms with Crippen molar-refractivity contribution in [3.05, 3.63) is 68.1 Å². The fraction of sp³-hybridized carbons (Fsp3) is 0.552. The summed E-state index contributed by atoms with van der Waals surface area (Å²) in [6.07, 6.45) is 15.7. The van der Waals surface area contributed by atoms with Crippen LogP contribution in [0.1, 0.15) is 79.6 Å². The third-order valence-electron chi connectivity index (χ3n) is 6.36. The first-order chi connectivity index (χ1) is 15.7. The number of carbonyl (C=O) groups excluding carboxylic acids is 1. The van der Waals surface area contributed by atoms with Crippen molar-refractivity contribution < 1.29 is 9.53 Å². The Morgan fingerprint density at radius 2 is 1.97 bits per heavy atom. The number of hydrogen-bond donors (Lipinski definition) is 0. The highest BCUT2D eigenvalue weighted by atomic mass is 79.9. The molecule has 0 aromatic rings. The molecule has 0 saturated carbocycles. The van der Waals surface area contributed by atoms with Crippen LogP contribution in [0.4, 0.5) is 4.79 Å². The predicted octanol–water partition coefficient (Wildman–Crippen LogP) is 8.32. The van der Waals surface area contributed by atoms with Gasteiger partial charge in [-0.3, -0.25) is 0 Å². The molecule has 3 nitrogen and oxygen atoms in total. The van der Waals surface area contributed by atoms with Crippen molar-refractivity contribution in [3.63, 3.8) is 0 Å². The van der Waals surface area contributed by atoms with Gasteiger partial charge in [0.1, 0.15) is 5.60 Å². The Morgan fingerprint density at radius 1 is 1.21 bits per heavy atom. The van der Waals surface area contributed by atoms with Gasteiger partial charge in [-0.25, -0.2) is 4.79 Å². The molecule has 0 aromatic heterocycles. The molecule has 1 aliphatic heterocycles. The number of likely N-dealkylation sites (tertiary alicyclic amines) is 1. The fourth-order valence-corrected chi connectivity index (χ4v) is 5.06. The van der Waals surface area contributed by atoms with Crippen molar-refractivity contribution in [1.82, 2.24) is 4.90 Å². The van der Waals surface area contributed by atoms with E-state index in [2.05, 4.69) is 59.5 Å². The monoisotopic (exact) mass is 511 g/mol. The molecule has 1 heterocycles. The van der Waals surface area contributed by atoms with Crippen molar-refractivity contribution in [3.8, 4) is 0 Å². The fourth-order valence-electron chi connectivity index (χ4n) is 4.55. The first-order valence-corrected chi connectivity index (χ1v) is 13.2. The Bertz CT molecular complexity index is 989. The van der Waals surface area contributed by atoms with E-state index in [-0.39, 0.29) is 6.09 Å². The summed E-state index contributed by atoms with van der Waals surface area (Å²) < 4.78 is 6.72. The molecule has 1 saturated heterocycles. The van der Waals surface area contributed by atoms with Gasteiger partial charge in [-0.1, -0.05) is 32.8 Å². The molecule has 1 unspecified atom stereocenters. The molecule has 33 heavy (non-hydrogen) atoms. The standard InChI is InChI=1S/C29H38BrNO2/c1-6-7-11-21(2)26-20-23-12-9-8-10-13-27(30)25(23)15-14-22-16-18-31(19-17-24(22)26)28(32)33-29(3,4)5/h8,13,15,20-21H,6-7,9,11-12,16-19H2,1-5H3. The highest BCUT2D eigenvalue weighted by Crippen LogP contribution is 2.37. The van der Waals surface area contributed by atoms with Gasteiger partial charge >= 0.3 is 6.09 Å². The van der Waals surface area contributed by atoms with Crippen LogP contribution in [-0.4, -0.2) is 29.7 Å². The zero-order valence-electron chi connectivity index (χ0n) is 20.9. The molecular formula is C29H38BrNO2. The summed E-state index contributed by atoms with van der Waals surface area (Å²) in [5, 5.41) is 0. The lowest BCUT2D eigenvalue weighted by Crippen LogP contribution is -2.37. The van der Waals surface area contributed by atoms with E-state index in [0.717, 1.165) is 30.2 Å². The van der Waals surface area contributed by atoms with Crippen molar-refractivity contribution >= 4 is 22.0 Å². The first kappa shape index (κ1) is 25.6. The van der Waals surface area contributed by atoms with Crippen molar-refractivity contribution in [2.75, 3.05) is 13.1 Å². The highest BCUT2D eigenvalue weighted by Gasteiger charge is 2.27. The molecular weight excluding hydrogens is 474 g/mol. The summed E-state index contributed by atoms with van der Waals surface area (Å²) in [6.45, 7) is 11.7. The van der Waals surface area contributed by atoms with Gasteiger partial charge in [-0.2, -0.15) is 0 Å². The number of hydrogen-bond acceptors (Lipinski definition) is 2. The van der Waals surface area contributed by atoms with E-state index in [4.69, 9.17) is 4.74 Å². The zero-order valence-corrected chi connectivity index (χ0v) is 22.5. The zero-order chi connectivity index (χ0) is 24.0. The third-order valence-corrected chi connectivity index (χ3v) is 7.02. The molecule has 4 heteroatoms. The second-order valence-electron chi connectivity index (χ2n) is 10.2. The number of rotatable bonds is 4. The van der Waals surface area contributed by atoms with Gasteiger partial charge in [0.15, 0.2) is 0 Å². The SMILES string of the molecule is CCCCC(C)C1=C2CCN(C(=O)OC(C)(C)C)CCC2=C=CC2=C(Br)C=C=CCCC2=C1. The molecule has 0 bridgehead atoms. The van der Waals surface area contributed by atoms with E-state index in [1.165, 1.54) is 47.1 Å². The van der Waals surface area contributed by atoms with Crippen LogP contribution in [0.5, 0.6) is 0 Å². The molecule has 0 N–H and O–H groups in total. The number of allylic oxidation sites excluding steroid dienone is 6. The summed E-state index contributed by atoms with van der Waals surface area (Å²) >= 11 is 3.77.